The number of rotatable bonds is 5. The van der Waals surface area contributed by atoms with Crippen LogP contribution in [0.1, 0.15) is 23.6 Å². The average molecular weight is 331 g/mol. The Kier molecular flexibility index (Phi) is 4.92. The molecular weight excluding hydrogens is 314 g/mol. The minimum Gasteiger partial charge on any atom is -0.494 e. The zero-order chi connectivity index (χ0) is 17.0. The average Bonchev–Trinajstić information content (AvgIpc) is 2.46. The van der Waals surface area contributed by atoms with Crippen molar-refractivity contribution >= 4 is 10.1 Å². The first-order valence-electron chi connectivity index (χ1n) is 7.05. The minimum absolute atomic E-state index is 0.0493. The molecule has 0 saturated carbocycles. The molecule has 0 saturated heterocycles. The molecule has 5 nitrogen and oxygen atoms in total. The maximum absolute atomic E-state index is 12.5. The van der Waals surface area contributed by atoms with Gasteiger partial charge in [0.25, 0.3) is 0 Å². The van der Waals surface area contributed by atoms with Crippen LogP contribution in [0.2, 0.25) is 0 Å². The van der Waals surface area contributed by atoms with E-state index in [0.717, 1.165) is 11.1 Å². The quantitative estimate of drug-likeness (QED) is 0.785. The highest BCUT2D eigenvalue weighted by Crippen LogP contribution is 2.27. The highest BCUT2D eigenvalue weighted by Gasteiger charge is 2.21. The smallest absolute Gasteiger partial charge is 0.340 e. The van der Waals surface area contributed by atoms with E-state index in [-0.39, 0.29) is 16.2 Å². The van der Waals surface area contributed by atoms with Gasteiger partial charge in [-0.3, -0.25) is 0 Å². The molecule has 120 valence electrons. The Morgan fingerprint density at radius 3 is 2.39 bits per heavy atom. The molecule has 0 unspecified atom stereocenters. The lowest BCUT2D eigenvalue weighted by Crippen LogP contribution is -2.12. The molecule has 6 heteroatoms. The van der Waals surface area contributed by atoms with Gasteiger partial charge in [-0.1, -0.05) is 6.07 Å². The van der Waals surface area contributed by atoms with Crippen molar-refractivity contribution in [1.29, 1.82) is 5.26 Å². The molecule has 2 aromatic carbocycles. The monoisotopic (exact) mass is 331 g/mol. The lowest BCUT2D eigenvalue weighted by molar-refractivity contribution is 0.338. The summed E-state index contributed by atoms with van der Waals surface area (Å²) in [5.41, 5.74) is 1.59. The van der Waals surface area contributed by atoms with E-state index in [4.69, 9.17) is 14.2 Å². The number of benzene rings is 2. The normalized spacial score (nSPS) is 10.9. The maximum Gasteiger partial charge on any atom is 0.340 e. The Bertz CT molecular complexity index is 867. The molecule has 0 spiro atoms. The van der Waals surface area contributed by atoms with Gasteiger partial charge < -0.3 is 8.92 Å². The van der Waals surface area contributed by atoms with Gasteiger partial charge in [-0.2, -0.15) is 13.7 Å². The molecule has 0 aromatic heterocycles. The van der Waals surface area contributed by atoms with Crippen LogP contribution in [0.5, 0.6) is 11.5 Å². The molecule has 0 heterocycles. The Balaban J connectivity index is 2.43. The molecule has 0 N–H and O–H groups in total. The molecule has 23 heavy (non-hydrogen) atoms. The molecule has 0 amide bonds. The second-order valence-corrected chi connectivity index (χ2v) is 6.58. The van der Waals surface area contributed by atoms with Crippen LogP contribution < -0.4 is 8.92 Å². The molecule has 0 fully saturated rings. The van der Waals surface area contributed by atoms with E-state index in [9.17, 15) is 8.42 Å². The summed E-state index contributed by atoms with van der Waals surface area (Å²) in [6.07, 6.45) is 0. The Morgan fingerprint density at radius 1 is 1.04 bits per heavy atom. The van der Waals surface area contributed by atoms with Crippen molar-refractivity contribution in [2.75, 3.05) is 6.61 Å². The van der Waals surface area contributed by atoms with Crippen molar-refractivity contribution in [1.82, 2.24) is 0 Å². The van der Waals surface area contributed by atoms with Crippen molar-refractivity contribution in [3.05, 3.63) is 53.1 Å². The lowest BCUT2D eigenvalue weighted by atomic mass is 10.2. The summed E-state index contributed by atoms with van der Waals surface area (Å²) >= 11 is 0. The van der Waals surface area contributed by atoms with Crippen LogP contribution in [0.15, 0.2) is 41.3 Å². The van der Waals surface area contributed by atoms with Crippen LogP contribution in [0.3, 0.4) is 0 Å². The van der Waals surface area contributed by atoms with Crippen LogP contribution in [-0.4, -0.2) is 15.0 Å². The molecule has 0 aliphatic rings. The van der Waals surface area contributed by atoms with E-state index in [1.165, 1.54) is 18.2 Å². The molecule has 0 aliphatic heterocycles. The van der Waals surface area contributed by atoms with Gasteiger partial charge in [-0.05, 0) is 56.2 Å². The van der Waals surface area contributed by atoms with Crippen LogP contribution in [-0.2, 0) is 10.1 Å². The van der Waals surface area contributed by atoms with Gasteiger partial charge >= 0.3 is 10.1 Å². The summed E-state index contributed by atoms with van der Waals surface area (Å²) in [6, 6.07) is 11.3. The molecule has 2 aromatic rings. The van der Waals surface area contributed by atoms with Crippen molar-refractivity contribution < 1.29 is 17.3 Å². The third kappa shape index (κ3) is 4.02. The first kappa shape index (κ1) is 16.8. The fraction of sp³-hybridized carbons (Fsp3) is 0.235. The van der Waals surface area contributed by atoms with Gasteiger partial charge in [0.15, 0.2) is 0 Å². The van der Waals surface area contributed by atoms with Gasteiger partial charge in [0.1, 0.15) is 22.5 Å². The van der Waals surface area contributed by atoms with Crippen molar-refractivity contribution in [2.45, 2.75) is 25.7 Å². The summed E-state index contributed by atoms with van der Waals surface area (Å²) in [5, 5.41) is 9.11. The second-order valence-electron chi connectivity index (χ2n) is 5.06. The minimum atomic E-state index is -4.11. The van der Waals surface area contributed by atoms with E-state index in [1.807, 2.05) is 19.9 Å². The number of aryl methyl sites for hydroxylation is 2. The van der Waals surface area contributed by atoms with E-state index in [2.05, 4.69) is 0 Å². The fourth-order valence-corrected chi connectivity index (χ4v) is 3.27. The largest absolute Gasteiger partial charge is 0.494 e. The predicted molar refractivity (Wildman–Crippen MR) is 86.1 cm³/mol. The van der Waals surface area contributed by atoms with Crippen molar-refractivity contribution in [3.63, 3.8) is 0 Å². The number of ether oxygens (including phenoxy) is 1. The van der Waals surface area contributed by atoms with Crippen LogP contribution in [0.25, 0.3) is 0 Å². The molecule has 0 aliphatic carbocycles. The maximum atomic E-state index is 12.5. The lowest BCUT2D eigenvalue weighted by Gasteiger charge is -2.11. The highest BCUT2D eigenvalue weighted by atomic mass is 32.2. The molecule has 0 atom stereocenters. The van der Waals surface area contributed by atoms with E-state index >= 15 is 0 Å². The van der Waals surface area contributed by atoms with Crippen LogP contribution in [0, 0.1) is 25.2 Å². The van der Waals surface area contributed by atoms with Crippen LogP contribution in [0.4, 0.5) is 0 Å². The third-order valence-electron chi connectivity index (χ3n) is 3.07. The van der Waals surface area contributed by atoms with Crippen molar-refractivity contribution in [3.8, 4) is 17.6 Å². The summed E-state index contributed by atoms with van der Waals surface area (Å²) in [6.45, 7) is 5.87. The van der Waals surface area contributed by atoms with E-state index < -0.39 is 10.1 Å². The first-order valence-corrected chi connectivity index (χ1v) is 8.46. The first-order chi connectivity index (χ1) is 10.9. The van der Waals surface area contributed by atoms with Crippen molar-refractivity contribution in [2.24, 2.45) is 0 Å². The molecule has 0 bridgehead atoms. The van der Waals surface area contributed by atoms with Gasteiger partial charge in [-0.15, -0.1) is 0 Å². The topological polar surface area (TPSA) is 76.4 Å². The second kappa shape index (κ2) is 6.71. The van der Waals surface area contributed by atoms with Gasteiger partial charge in [0, 0.05) is 6.07 Å². The van der Waals surface area contributed by atoms with E-state index in [0.29, 0.717) is 12.4 Å². The SMILES string of the molecule is CCOc1cc(C)cc(OS(=O)(=O)c2cc(C)ccc2C#N)c1. The summed E-state index contributed by atoms with van der Waals surface area (Å²) in [7, 11) is -4.11. The number of hydrogen-bond acceptors (Lipinski definition) is 5. The third-order valence-corrected chi connectivity index (χ3v) is 4.36. The van der Waals surface area contributed by atoms with Crippen LogP contribution >= 0.6 is 0 Å². The zero-order valence-electron chi connectivity index (χ0n) is 13.2. The zero-order valence-corrected chi connectivity index (χ0v) is 14.0. The standard InChI is InChI=1S/C17H17NO4S/c1-4-21-15-7-13(3)8-16(10-15)22-23(19,20)17-9-12(2)5-6-14(17)11-18/h5-10H,4H2,1-3H3. The Labute approximate surface area is 136 Å². The number of nitrogens with zero attached hydrogens (tertiary/aromatic N) is 1. The predicted octanol–water partition coefficient (Wildman–Crippen LogP) is 3.34. The van der Waals surface area contributed by atoms with E-state index in [1.54, 1.807) is 25.1 Å². The number of nitriles is 1. The van der Waals surface area contributed by atoms with Gasteiger partial charge in [-0.25, -0.2) is 0 Å². The fourth-order valence-electron chi connectivity index (χ4n) is 2.11. The Morgan fingerprint density at radius 2 is 1.74 bits per heavy atom. The molecule has 2 rings (SSSR count). The van der Waals surface area contributed by atoms with Gasteiger partial charge in [0.2, 0.25) is 0 Å². The summed E-state index contributed by atoms with van der Waals surface area (Å²) < 4.78 is 35.6. The molecular formula is C17H17NO4S. The Hall–Kier alpha value is -2.52. The molecule has 0 radical (unpaired) electrons. The van der Waals surface area contributed by atoms with Gasteiger partial charge in [0.05, 0.1) is 12.2 Å². The number of hydrogen-bond donors (Lipinski definition) is 0. The summed E-state index contributed by atoms with van der Waals surface area (Å²) in [5.74, 6) is 0.682. The highest BCUT2D eigenvalue weighted by molar-refractivity contribution is 7.87. The summed E-state index contributed by atoms with van der Waals surface area (Å²) in [4.78, 5) is -0.139.